The van der Waals surface area contributed by atoms with Crippen LogP contribution in [-0.2, 0) is 7.05 Å². The van der Waals surface area contributed by atoms with Gasteiger partial charge >= 0.3 is 0 Å². The van der Waals surface area contributed by atoms with E-state index in [2.05, 4.69) is 27.4 Å². The lowest BCUT2D eigenvalue weighted by atomic mass is 10.2. The van der Waals surface area contributed by atoms with E-state index in [9.17, 15) is 0 Å². The molecule has 94 valence electrons. The van der Waals surface area contributed by atoms with Gasteiger partial charge in [-0.2, -0.15) is 5.10 Å². The Hall–Kier alpha value is -1.95. The van der Waals surface area contributed by atoms with Gasteiger partial charge in [-0.3, -0.25) is 4.68 Å². The number of aromatic nitrogens is 4. The van der Waals surface area contributed by atoms with E-state index in [-0.39, 0.29) is 0 Å². The van der Waals surface area contributed by atoms with Crippen molar-refractivity contribution < 1.29 is 0 Å². The quantitative estimate of drug-likeness (QED) is 0.628. The van der Waals surface area contributed by atoms with Crippen molar-refractivity contribution in [2.24, 2.45) is 18.8 Å². The first kappa shape index (κ1) is 11.2. The van der Waals surface area contributed by atoms with Gasteiger partial charge in [0.1, 0.15) is 11.6 Å². The molecule has 2 atom stereocenters. The number of hydrogen-bond acceptors (Lipinski definition) is 5. The lowest BCUT2D eigenvalue weighted by Gasteiger charge is -2.06. The smallest absolute Gasteiger partial charge is 0.144 e. The van der Waals surface area contributed by atoms with Crippen molar-refractivity contribution >= 4 is 5.82 Å². The summed E-state index contributed by atoms with van der Waals surface area (Å²) in [5.74, 6) is 8.12. The Bertz CT molecular complexity index is 576. The van der Waals surface area contributed by atoms with Crippen molar-refractivity contribution in [3.8, 4) is 11.3 Å². The highest BCUT2D eigenvalue weighted by atomic mass is 15.3. The summed E-state index contributed by atoms with van der Waals surface area (Å²) in [6.45, 7) is 2.21. The molecule has 0 bridgehead atoms. The molecule has 0 aromatic carbocycles. The van der Waals surface area contributed by atoms with Gasteiger partial charge in [-0.05, 0) is 12.3 Å². The maximum absolute atomic E-state index is 5.46. The summed E-state index contributed by atoms with van der Waals surface area (Å²) >= 11 is 0. The number of aryl methyl sites for hydroxylation is 1. The van der Waals surface area contributed by atoms with Crippen molar-refractivity contribution in [1.82, 2.24) is 19.7 Å². The van der Waals surface area contributed by atoms with Crippen molar-refractivity contribution in [3.05, 3.63) is 24.3 Å². The molecule has 1 aliphatic rings. The minimum atomic E-state index is 0.466. The average Bonchev–Trinajstić information content (AvgIpc) is 2.94. The SMILES string of the molecule is CC1CC1c1nc(NN)cc(-c2cnn(C)c2)n1. The number of nitrogens with one attached hydrogen (secondary N) is 1. The maximum atomic E-state index is 5.46. The fraction of sp³-hybridized carbons (Fsp3) is 0.417. The highest BCUT2D eigenvalue weighted by Gasteiger charge is 2.37. The number of nitrogens with two attached hydrogens (primary N) is 1. The third-order valence-corrected chi connectivity index (χ3v) is 3.33. The molecule has 1 saturated carbocycles. The van der Waals surface area contributed by atoms with Crippen LogP contribution in [0.2, 0.25) is 0 Å². The lowest BCUT2D eigenvalue weighted by molar-refractivity contribution is 0.768. The molecule has 6 nitrogen and oxygen atoms in total. The predicted molar refractivity (Wildman–Crippen MR) is 68.6 cm³/mol. The summed E-state index contributed by atoms with van der Waals surface area (Å²) in [6, 6.07) is 1.84. The zero-order valence-electron chi connectivity index (χ0n) is 10.5. The third-order valence-electron chi connectivity index (χ3n) is 3.33. The minimum Gasteiger partial charge on any atom is -0.308 e. The van der Waals surface area contributed by atoms with Crippen LogP contribution in [0.5, 0.6) is 0 Å². The third kappa shape index (κ3) is 1.95. The summed E-state index contributed by atoms with van der Waals surface area (Å²) in [7, 11) is 1.89. The fourth-order valence-corrected chi connectivity index (χ4v) is 2.09. The fourth-order valence-electron chi connectivity index (χ4n) is 2.09. The van der Waals surface area contributed by atoms with Crippen LogP contribution in [0.25, 0.3) is 11.3 Å². The molecular formula is C12H16N6. The van der Waals surface area contributed by atoms with E-state index in [1.165, 1.54) is 0 Å². The van der Waals surface area contributed by atoms with Crippen LogP contribution < -0.4 is 11.3 Å². The molecule has 0 radical (unpaired) electrons. The first-order valence-electron chi connectivity index (χ1n) is 6.02. The van der Waals surface area contributed by atoms with Gasteiger partial charge in [-0.25, -0.2) is 15.8 Å². The predicted octanol–water partition coefficient (Wildman–Crippen LogP) is 1.29. The average molecular weight is 244 g/mol. The van der Waals surface area contributed by atoms with Gasteiger partial charge in [0.2, 0.25) is 0 Å². The van der Waals surface area contributed by atoms with E-state index in [0.29, 0.717) is 17.7 Å². The summed E-state index contributed by atoms with van der Waals surface area (Å²) in [5.41, 5.74) is 4.44. The Morgan fingerprint density at radius 2 is 2.22 bits per heavy atom. The monoisotopic (exact) mass is 244 g/mol. The molecule has 0 amide bonds. The summed E-state index contributed by atoms with van der Waals surface area (Å²) in [5, 5.41) is 4.16. The second-order valence-corrected chi connectivity index (χ2v) is 4.86. The Labute approximate surface area is 105 Å². The molecule has 1 aliphatic carbocycles. The van der Waals surface area contributed by atoms with Gasteiger partial charge in [0.05, 0.1) is 11.9 Å². The first-order chi connectivity index (χ1) is 8.67. The Balaban J connectivity index is 2.03. The number of nitrogens with zero attached hydrogens (tertiary/aromatic N) is 4. The van der Waals surface area contributed by atoms with Crippen LogP contribution in [0.1, 0.15) is 25.1 Å². The minimum absolute atomic E-state index is 0.466. The molecule has 3 rings (SSSR count). The number of anilines is 1. The highest BCUT2D eigenvalue weighted by Crippen LogP contribution is 2.45. The molecule has 0 spiro atoms. The molecule has 2 heterocycles. The van der Waals surface area contributed by atoms with Gasteiger partial charge in [0.25, 0.3) is 0 Å². The molecule has 6 heteroatoms. The molecular weight excluding hydrogens is 228 g/mol. The molecule has 0 aliphatic heterocycles. The zero-order chi connectivity index (χ0) is 12.7. The largest absolute Gasteiger partial charge is 0.308 e. The number of hydrazine groups is 1. The zero-order valence-corrected chi connectivity index (χ0v) is 10.5. The Morgan fingerprint density at radius 1 is 1.44 bits per heavy atom. The second-order valence-electron chi connectivity index (χ2n) is 4.86. The van der Waals surface area contributed by atoms with Crippen molar-refractivity contribution in [1.29, 1.82) is 0 Å². The molecule has 2 aromatic heterocycles. The van der Waals surface area contributed by atoms with Crippen LogP contribution in [0.15, 0.2) is 18.5 Å². The van der Waals surface area contributed by atoms with Gasteiger partial charge in [-0.1, -0.05) is 6.92 Å². The molecule has 0 saturated heterocycles. The van der Waals surface area contributed by atoms with E-state index >= 15 is 0 Å². The standard InChI is InChI=1S/C12H16N6/c1-7-3-9(7)12-15-10(4-11(16-12)17-13)8-5-14-18(2)6-8/h4-7,9H,3,13H2,1-2H3,(H,15,16,17). The number of rotatable bonds is 3. The van der Waals surface area contributed by atoms with Crippen LogP contribution >= 0.6 is 0 Å². The first-order valence-corrected chi connectivity index (χ1v) is 6.02. The van der Waals surface area contributed by atoms with Crippen LogP contribution in [0.4, 0.5) is 5.82 Å². The van der Waals surface area contributed by atoms with E-state index in [1.54, 1.807) is 10.9 Å². The van der Waals surface area contributed by atoms with Gasteiger partial charge in [-0.15, -0.1) is 0 Å². The molecule has 2 aromatic rings. The van der Waals surface area contributed by atoms with E-state index in [0.717, 1.165) is 23.5 Å². The van der Waals surface area contributed by atoms with E-state index in [4.69, 9.17) is 5.84 Å². The second kappa shape index (κ2) is 4.06. The van der Waals surface area contributed by atoms with Gasteiger partial charge in [0.15, 0.2) is 0 Å². The van der Waals surface area contributed by atoms with E-state index in [1.807, 2.05) is 19.3 Å². The molecule has 18 heavy (non-hydrogen) atoms. The van der Waals surface area contributed by atoms with Gasteiger partial charge < -0.3 is 5.43 Å². The summed E-state index contributed by atoms with van der Waals surface area (Å²) in [6.07, 6.45) is 4.88. The summed E-state index contributed by atoms with van der Waals surface area (Å²) in [4.78, 5) is 9.04. The van der Waals surface area contributed by atoms with Crippen LogP contribution in [0.3, 0.4) is 0 Å². The van der Waals surface area contributed by atoms with Gasteiger partial charge in [0, 0.05) is 30.8 Å². The van der Waals surface area contributed by atoms with Crippen molar-refractivity contribution in [2.75, 3.05) is 5.43 Å². The van der Waals surface area contributed by atoms with Crippen molar-refractivity contribution in [2.45, 2.75) is 19.3 Å². The molecule has 1 fully saturated rings. The van der Waals surface area contributed by atoms with E-state index < -0.39 is 0 Å². The summed E-state index contributed by atoms with van der Waals surface area (Å²) < 4.78 is 1.76. The topological polar surface area (TPSA) is 81.6 Å². The number of hydrogen-bond donors (Lipinski definition) is 2. The lowest BCUT2D eigenvalue weighted by Crippen LogP contribution is -2.10. The number of nitrogen functional groups attached to an aromatic ring is 1. The Morgan fingerprint density at radius 3 is 2.78 bits per heavy atom. The van der Waals surface area contributed by atoms with Crippen LogP contribution in [-0.4, -0.2) is 19.7 Å². The maximum Gasteiger partial charge on any atom is 0.144 e. The molecule has 2 unspecified atom stereocenters. The van der Waals surface area contributed by atoms with Crippen LogP contribution in [0, 0.1) is 5.92 Å². The van der Waals surface area contributed by atoms with Crippen molar-refractivity contribution in [3.63, 3.8) is 0 Å². The molecule has 3 N–H and O–H groups in total. The highest BCUT2D eigenvalue weighted by molar-refractivity contribution is 5.61. The Kier molecular flexibility index (Phi) is 2.52. The normalized spacial score (nSPS) is 21.9.